The summed E-state index contributed by atoms with van der Waals surface area (Å²) in [4.78, 5) is 11.7. The molecule has 1 atom stereocenters. The fraction of sp³-hybridized carbons (Fsp3) is 0.300. The second-order valence-electron chi connectivity index (χ2n) is 2.97. The van der Waals surface area contributed by atoms with Crippen molar-refractivity contribution >= 4 is 6.41 Å². The summed E-state index contributed by atoms with van der Waals surface area (Å²) in [5.74, 6) is 0. The third-order valence-corrected chi connectivity index (χ3v) is 1.83. The molecule has 0 radical (unpaired) electrons. The monoisotopic (exact) mass is 179 g/mol. The molecule has 70 valence electrons. The first-order chi connectivity index (χ1) is 6.24. The van der Waals surface area contributed by atoms with Crippen molar-refractivity contribution in [1.29, 1.82) is 0 Å². The van der Waals surface area contributed by atoms with E-state index < -0.39 is 6.10 Å². The Bertz CT molecular complexity index is 261. The van der Waals surface area contributed by atoms with Crippen molar-refractivity contribution in [3.63, 3.8) is 0 Å². The lowest BCUT2D eigenvalue weighted by Gasteiger charge is -2.16. The van der Waals surface area contributed by atoms with Gasteiger partial charge in [0.25, 0.3) is 0 Å². The average Bonchev–Trinajstić information content (AvgIpc) is 2.19. The molecule has 0 spiro atoms. The number of hydrogen-bond acceptors (Lipinski definition) is 2. The molecule has 1 rings (SSSR count). The van der Waals surface area contributed by atoms with Gasteiger partial charge >= 0.3 is 0 Å². The number of benzene rings is 1. The zero-order valence-corrected chi connectivity index (χ0v) is 7.55. The van der Waals surface area contributed by atoms with Crippen molar-refractivity contribution < 1.29 is 9.90 Å². The SMILES string of the molecule is CN(C=O)C[C@H](O)c1ccccc1. The van der Waals surface area contributed by atoms with Crippen LogP contribution in [0.15, 0.2) is 30.3 Å². The van der Waals surface area contributed by atoms with E-state index in [2.05, 4.69) is 0 Å². The van der Waals surface area contributed by atoms with Gasteiger partial charge in [-0.2, -0.15) is 0 Å². The Morgan fingerprint density at radius 3 is 2.62 bits per heavy atom. The number of amides is 1. The third kappa shape index (κ3) is 2.87. The van der Waals surface area contributed by atoms with E-state index >= 15 is 0 Å². The lowest BCUT2D eigenvalue weighted by atomic mass is 10.1. The highest BCUT2D eigenvalue weighted by Gasteiger charge is 2.08. The van der Waals surface area contributed by atoms with Crippen molar-refractivity contribution in [2.45, 2.75) is 6.10 Å². The topological polar surface area (TPSA) is 40.5 Å². The number of aliphatic hydroxyl groups is 1. The number of likely N-dealkylation sites (N-methyl/N-ethyl adjacent to an activating group) is 1. The number of carbonyl (C=O) groups excluding carboxylic acids is 1. The van der Waals surface area contributed by atoms with E-state index in [1.54, 1.807) is 7.05 Å². The molecule has 0 aliphatic heterocycles. The molecule has 1 aromatic rings. The van der Waals surface area contributed by atoms with Gasteiger partial charge in [0, 0.05) is 7.05 Å². The molecule has 0 aliphatic rings. The van der Waals surface area contributed by atoms with Crippen LogP contribution >= 0.6 is 0 Å². The lowest BCUT2D eigenvalue weighted by molar-refractivity contribution is -0.118. The summed E-state index contributed by atoms with van der Waals surface area (Å²) in [5.41, 5.74) is 0.830. The van der Waals surface area contributed by atoms with E-state index in [1.807, 2.05) is 30.3 Å². The number of aliphatic hydroxyl groups excluding tert-OH is 1. The smallest absolute Gasteiger partial charge is 0.209 e. The van der Waals surface area contributed by atoms with E-state index in [0.29, 0.717) is 13.0 Å². The van der Waals surface area contributed by atoms with E-state index in [0.717, 1.165) is 5.56 Å². The number of rotatable bonds is 4. The molecule has 3 heteroatoms. The van der Waals surface area contributed by atoms with Crippen LogP contribution in [0.2, 0.25) is 0 Å². The summed E-state index contributed by atoms with van der Waals surface area (Å²) >= 11 is 0. The highest BCUT2D eigenvalue weighted by molar-refractivity contribution is 5.46. The molecule has 13 heavy (non-hydrogen) atoms. The fourth-order valence-electron chi connectivity index (χ4n) is 1.10. The standard InChI is InChI=1S/C10H13NO2/c1-11(8-12)7-10(13)9-5-3-2-4-6-9/h2-6,8,10,13H,7H2,1H3/t10-/m0/s1. The predicted octanol–water partition coefficient (Wildman–Crippen LogP) is 0.808. The van der Waals surface area contributed by atoms with Gasteiger partial charge in [-0.05, 0) is 5.56 Å². The molecule has 1 aromatic carbocycles. The second kappa shape index (κ2) is 4.62. The first kappa shape index (κ1) is 9.74. The summed E-state index contributed by atoms with van der Waals surface area (Å²) in [5, 5.41) is 9.62. The normalized spacial score (nSPS) is 12.2. The van der Waals surface area contributed by atoms with Crippen molar-refractivity contribution in [3.8, 4) is 0 Å². The van der Waals surface area contributed by atoms with Crippen LogP contribution < -0.4 is 0 Å². The van der Waals surface area contributed by atoms with Crippen LogP contribution in [0.3, 0.4) is 0 Å². The minimum Gasteiger partial charge on any atom is -0.387 e. The first-order valence-electron chi connectivity index (χ1n) is 4.12. The molecule has 3 nitrogen and oxygen atoms in total. The average molecular weight is 179 g/mol. The minimum absolute atomic E-state index is 0.327. The zero-order chi connectivity index (χ0) is 9.68. The van der Waals surface area contributed by atoms with Gasteiger partial charge in [-0.1, -0.05) is 30.3 Å². The van der Waals surface area contributed by atoms with Crippen LogP contribution in [0, 0.1) is 0 Å². The Kier molecular flexibility index (Phi) is 3.46. The Labute approximate surface area is 77.6 Å². The number of nitrogens with zero attached hydrogens (tertiary/aromatic N) is 1. The van der Waals surface area contributed by atoms with Crippen LogP contribution in [0.5, 0.6) is 0 Å². The Balaban J connectivity index is 2.58. The molecule has 1 amide bonds. The molecular formula is C10H13NO2. The van der Waals surface area contributed by atoms with Crippen LogP contribution in [-0.2, 0) is 4.79 Å². The molecule has 1 N–H and O–H groups in total. The summed E-state index contributed by atoms with van der Waals surface area (Å²) in [7, 11) is 1.64. The maximum Gasteiger partial charge on any atom is 0.209 e. The van der Waals surface area contributed by atoms with E-state index in [9.17, 15) is 9.90 Å². The second-order valence-corrected chi connectivity index (χ2v) is 2.97. The molecule has 0 aliphatic carbocycles. The van der Waals surface area contributed by atoms with Crippen molar-refractivity contribution in [2.75, 3.05) is 13.6 Å². The molecule has 0 heterocycles. The van der Waals surface area contributed by atoms with Crippen molar-refractivity contribution in [2.24, 2.45) is 0 Å². The van der Waals surface area contributed by atoms with Crippen LogP contribution in [-0.4, -0.2) is 30.0 Å². The summed E-state index contributed by atoms with van der Waals surface area (Å²) in [6, 6.07) is 9.28. The molecule has 0 unspecified atom stereocenters. The third-order valence-electron chi connectivity index (χ3n) is 1.83. The largest absolute Gasteiger partial charge is 0.387 e. The van der Waals surface area contributed by atoms with Gasteiger partial charge in [0.05, 0.1) is 12.6 Å². The number of hydrogen-bond donors (Lipinski definition) is 1. The maximum atomic E-state index is 10.3. The summed E-state index contributed by atoms with van der Waals surface area (Å²) < 4.78 is 0. The number of carbonyl (C=O) groups is 1. The van der Waals surface area contributed by atoms with Crippen LogP contribution in [0.1, 0.15) is 11.7 Å². The molecular weight excluding hydrogens is 166 g/mol. The zero-order valence-electron chi connectivity index (χ0n) is 7.55. The molecule has 0 saturated heterocycles. The van der Waals surface area contributed by atoms with Gasteiger partial charge in [0.2, 0.25) is 6.41 Å². The molecule has 0 aromatic heterocycles. The van der Waals surface area contributed by atoms with Gasteiger partial charge in [0.1, 0.15) is 0 Å². The quantitative estimate of drug-likeness (QED) is 0.695. The van der Waals surface area contributed by atoms with Gasteiger partial charge in [-0.25, -0.2) is 0 Å². The molecule has 0 bridgehead atoms. The van der Waals surface area contributed by atoms with E-state index in [-0.39, 0.29) is 0 Å². The summed E-state index contributed by atoms with van der Waals surface area (Å²) in [6.07, 6.45) is 0.1000. The highest BCUT2D eigenvalue weighted by Crippen LogP contribution is 2.11. The van der Waals surface area contributed by atoms with Crippen molar-refractivity contribution in [1.82, 2.24) is 4.90 Å². The lowest BCUT2D eigenvalue weighted by Crippen LogP contribution is -2.22. The maximum absolute atomic E-state index is 10.3. The van der Waals surface area contributed by atoms with Gasteiger partial charge < -0.3 is 10.0 Å². The van der Waals surface area contributed by atoms with Crippen molar-refractivity contribution in [3.05, 3.63) is 35.9 Å². The predicted molar refractivity (Wildman–Crippen MR) is 50.1 cm³/mol. The van der Waals surface area contributed by atoms with Gasteiger partial charge in [-0.15, -0.1) is 0 Å². The Hall–Kier alpha value is -1.35. The fourth-order valence-corrected chi connectivity index (χ4v) is 1.10. The Morgan fingerprint density at radius 2 is 2.08 bits per heavy atom. The van der Waals surface area contributed by atoms with Crippen LogP contribution in [0.4, 0.5) is 0 Å². The van der Waals surface area contributed by atoms with Gasteiger partial charge in [0.15, 0.2) is 0 Å². The van der Waals surface area contributed by atoms with E-state index in [1.165, 1.54) is 4.90 Å². The van der Waals surface area contributed by atoms with Gasteiger partial charge in [-0.3, -0.25) is 4.79 Å². The Morgan fingerprint density at radius 1 is 1.46 bits per heavy atom. The minimum atomic E-state index is -0.601. The highest BCUT2D eigenvalue weighted by atomic mass is 16.3. The molecule has 0 saturated carbocycles. The summed E-state index contributed by atoms with van der Waals surface area (Å²) in [6.45, 7) is 0.327. The first-order valence-corrected chi connectivity index (χ1v) is 4.12. The van der Waals surface area contributed by atoms with Crippen LogP contribution in [0.25, 0.3) is 0 Å². The molecule has 0 fully saturated rings. The van der Waals surface area contributed by atoms with E-state index in [4.69, 9.17) is 0 Å².